The van der Waals surface area contributed by atoms with Gasteiger partial charge in [-0.2, -0.15) is 0 Å². The number of likely N-dealkylation sites (tertiary alicyclic amines) is 1. The van der Waals surface area contributed by atoms with Gasteiger partial charge >= 0.3 is 0 Å². The molecule has 2 aromatic rings. The van der Waals surface area contributed by atoms with Crippen molar-refractivity contribution in [3.63, 3.8) is 0 Å². The first-order chi connectivity index (χ1) is 17.1. The molecule has 0 N–H and O–H groups in total. The standard InChI is InChI=1S/C30H37ClN2O2/c31-27-9-7-22(8-10-27)24-14-19-33(20-15-24)30(35)12-11-29(34)26-6-5-23-13-17-32(18-16-25(23)21-26)28-3-1-2-4-28/h5-10,21,24,28H,1-4,11-20H2. The molecular formula is C30H37ClN2O2. The van der Waals surface area contributed by atoms with Crippen molar-refractivity contribution >= 4 is 23.3 Å². The second-order valence-corrected chi connectivity index (χ2v) is 11.0. The third kappa shape index (κ3) is 5.98. The number of hydrogen-bond acceptors (Lipinski definition) is 3. The molecule has 2 aliphatic heterocycles. The second kappa shape index (κ2) is 11.3. The van der Waals surface area contributed by atoms with Crippen molar-refractivity contribution in [1.29, 1.82) is 0 Å². The average molecular weight is 493 g/mol. The minimum absolute atomic E-state index is 0.0918. The maximum Gasteiger partial charge on any atom is 0.223 e. The van der Waals surface area contributed by atoms with Crippen molar-refractivity contribution in [2.75, 3.05) is 26.2 Å². The fourth-order valence-electron chi connectivity index (χ4n) is 6.27. The number of carbonyl (C=O) groups excluding carboxylic acids is 2. The Balaban J connectivity index is 1.10. The molecule has 0 radical (unpaired) electrons. The fraction of sp³-hybridized carbons (Fsp3) is 0.533. The first-order valence-electron chi connectivity index (χ1n) is 13.5. The molecular weight excluding hydrogens is 456 g/mol. The predicted molar refractivity (Wildman–Crippen MR) is 141 cm³/mol. The smallest absolute Gasteiger partial charge is 0.223 e. The highest BCUT2D eigenvalue weighted by Gasteiger charge is 2.26. The molecule has 0 spiro atoms. The van der Waals surface area contributed by atoms with E-state index in [9.17, 15) is 9.59 Å². The van der Waals surface area contributed by atoms with E-state index in [1.807, 2.05) is 23.1 Å². The maximum absolute atomic E-state index is 12.9. The Morgan fingerprint density at radius 1 is 0.800 bits per heavy atom. The maximum atomic E-state index is 12.9. The monoisotopic (exact) mass is 492 g/mol. The van der Waals surface area contributed by atoms with E-state index in [-0.39, 0.29) is 11.7 Å². The van der Waals surface area contributed by atoms with Gasteiger partial charge in [-0.3, -0.25) is 14.5 Å². The van der Waals surface area contributed by atoms with Crippen molar-refractivity contribution in [2.24, 2.45) is 0 Å². The van der Waals surface area contributed by atoms with E-state index < -0.39 is 0 Å². The Labute approximate surface area is 214 Å². The Kier molecular flexibility index (Phi) is 7.89. The van der Waals surface area contributed by atoms with Gasteiger partial charge in [-0.15, -0.1) is 0 Å². The summed E-state index contributed by atoms with van der Waals surface area (Å²) in [4.78, 5) is 30.4. The van der Waals surface area contributed by atoms with E-state index in [1.54, 1.807) is 0 Å². The van der Waals surface area contributed by atoms with Gasteiger partial charge in [-0.1, -0.05) is 48.7 Å². The van der Waals surface area contributed by atoms with Gasteiger partial charge in [0.25, 0.3) is 0 Å². The van der Waals surface area contributed by atoms with E-state index in [1.165, 1.54) is 42.4 Å². The lowest BCUT2D eigenvalue weighted by Gasteiger charge is -2.32. The molecule has 4 nitrogen and oxygen atoms in total. The van der Waals surface area contributed by atoms with Crippen LogP contribution in [0.3, 0.4) is 0 Å². The van der Waals surface area contributed by atoms with Crippen LogP contribution in [-0.4, -0.2) is 53.7 Å². The Morgan fingerprint density at radius 3 is 2.20 bits per heavy atom. The predicted octanol–water partition coefficient (Wildman–Crippen LogP) is 6.05. The first kappa shape index (κ1) is 24.5. The summed E-state index contributed by atoms with van der Waals surface area (Å²) < 4.78 is 0. The van der Waals surface area contributed by atoms with Gasteiger partial charge in [0.1, 0.15) is 0 Å². The molecule has 1 amide bonds. The number of Topliss-reactive ketones (excluding diaryl/α,β-unsaturated/α-hetero) is 1. The molecule has 1 aliphatic carbocycles. The SMILES string of the molecule is O=C(CCC(=O)N1CCC(c2ccc(Cl)cc2)CC1)c1ccc2c(c1)CCN(C1CCCC1)CC2. The van der Waals surface area contributed by atoms with Crippen molar-refractivity contribution in [3.05, 3.63) is 69.7 Å². The van der Waals surface area contributed by atoms with Crippen LogP contribution in [0.4, 0.5) is 0 Å². The molecule has 1 saturated carbocycles. The van der Waals surface area contributed by atoms with E-state index in [0.29, 0.717) is 18.8 Å². The van der Waals surface area contributed by atoms with Gasteiger partial charge in [-0.05, 0) is 79.3 Å². The number of carbonyl (C=O) groups is 2. The van der Waals surface area contributed by atoms with Crippen LogP contribution in [0.2, 0.25) is 5.02 Å². The second-order valence-electron chi connectivity index (χ2n) is 10.6. The molecule has 0 unspecified atom stereocenters. The molecule has 0 atom stereocenters. The molecule has 1 saturated heterocycles. The van der Waals surface area contributed by atoms with E-state index in [0.717, 1.165) is 68.5 Å². The molecule has 2 heterocycles. The number of fused-ring (bicyclic) bond motifs is 1. The van der Waals surface area contributed by atoms with Gasteiger partial charge in [0.05, 0.1) is 0 Å². The molecule has 35 heavy (non-hydrogen) atoms. The minimum Gasteiger partial charge on any atom is -0.343 e. The van der Waals surface area contributed by atoms with Crippen LogP contribution in [-0.2, 0) is 17.6 Å². The minimum atomic E-state index is 0.0918. The average Bonchev–Trinajstić information content (AvgIpc) is 3.34. The van der Waals surface area contributed by atoms with Crippen molar-refractivity contribution in [3.8, 4) is 0 Å². The van der Waals surface area contributed by atoms with E-state index in [4.69, 9.17) is 11.6 Å². The number of ketones is 1. The van der Waals surface area contributed by atoms with E-state index >= 15 is 0 Å². The number of hydrogen-bond donors (Lipinski definition) is 0. The third-order valence-electron chi connectivity index (χ3n) is 8.46. The summed E-state index contributed by atoms with van der Waals surface area (Å²) in [7, 11) is 0. The van der Waals surface area contributed by atoms with Crippen LogP contribution >= 0.6 is 11.6 Å². The fourth-order valence-corrected chi connectivity index (χ4v) is 6.40. The summed E-state index contributed by atoms with van der Waals surface area (Å²) in [6.07, 6.45) is 10.0. The van der Waals surface area contributed by atoms with Crippen LogP contribution in [0.5, 0.6) is 0 Å². The van der Waals surface area contributed by atoms with Gasteiger partial charge < -0.3 is 4.90 Å². The normalized spacial score (nSPS) is 20.0. The zero-order valence-corrected chi connectivity index (χ0v) is 21.4. The van der Waals surface area contributed by atoms with Crippen LogP contribution in [0, 0.1) is 0 Å². The number of amides is 1. The summed E-state index contributed by atoms with van der Waals surface area (Å²) in [6.45, 7) is 3.75. The highest BCUT2D eigenvalue weighted by Crippen LogP contribution is 2.30. The van der Waals surface area contributed by atoms with Crippen LogP contribution < -0.4 is 0 Å². The van der Waals surface area contributed by atoms with Crippen molar-refractivity contribution in [1.82, 2.24) is 9.80 Å². The first-order valence-corrected chi connectivity index (χ1v) is 13.9. The Bertz CT molecular complexity index is 1040. The largest absolute Gasteiger partial charge is 0.343 e. The van der Waals surface area contributed by atoms with Gasteiger partial charge in [0.2, 0.25) is 5.91 Å². The molecule has 5 heteroatoms. The summed E-state index contributed by atoms with van der Waals surface area (Å²) >= 11 is 6.01. The lowest BCUT2D eigenvalue weighted by Crippen LogP contribution is -2.38. The zero-order valence-electron chi connectivity index (χ0n) is 20.7. The van der Waals surface area contributed by atoms with E-state index in [2.05, 4.69) is 29.2 Å². The molecule has 186 valence electrons. The molecule has 3 aliphatic rings. The molecule has 2 aromatic carbocycles. The van der Waals surface area contributed by atoms with Crippen molar-refractivity contribution < 1.29 is 9.59 Å². The van der Waals surface area contributed by atoms with Gasteiger partial charge in [0.15, 0.2) is 5.78 Å². The molecule has 0 aromatic heterocycles. The van der Waals surface area contributed by atoms with Crippen molar-refractivity contribution in [2.45, 2.75) is 76.2 Å². The lowest BCUT2D eigenvalue weighted by atomic mass is 9.89. The lowest BCUT2D eigenvalue weighted by molar-refractivity contribution is -0.132. The number of rotatable bonds is 6. The molecule has 5 rings (SSSR count). The van der Waals surface area contributed by atoms with Crippen LogP contribution in [0.1, 0.15) is 84.3 Å². The number of piperidine rings is 1. The number of benzene rings is 2. The zero-order chi connectivity index (χ0) is 24.2. The molecule has 0 bridgehead atoms. The highest BCUT2D eigenvalue weighted by atomic mass is 35.5. The number of nitrogens with zero attached hydrogens (tertiary/aromatic N) is 2. The summed E-state index contributed by atoms with van der Waals surface area (Å²) in [6, 6.07) is 15.1. The summed E-state index contributed by atoms with van der Waals surface area (Å²) in [5, 5.41) is 0.756. The van der Waals surface area contributed by atoms with Gasteiger partial charge in [-0.25, -0.2) is 0 Å². The topological polar surface area (TPSA) is 40.6 Å². The molecule has 2 fully saturated rings. The highest BCUT2D eigenvalue weighted by molar-refractivity contribution is 6.30. The quantitative estimate of drug-likeness (QED) is 0.461. The summed E-state index contributed by atoms with van der Waals surface area (Å²) in [5.74, 6) is 0.672. The Morgan fingerprint density at radius 2 is 1.49 bits per heavy atom. The van der Waals surface area contributed by atoms with Crippen LogP contribution in [0.15, 0.2) is 42.5 Å². The van der Waals surface area contributed by atoms with Gasteiger partial charge in [0, 0.05) is 55.6 Å². The summed E-state index contributed by atoms with van der Waals surface area (Å²) in [5.41, 5.74) is 4.78. The third-order valence-corrected chi connectivity index (χ3v) is 8.71. The van der Waals surface area contributed by atoms with Crippen LogP contribution in [0.25, 0.3) is 0 Å². The number of halogens is 1. The Hall–Kier alpha value is -2.17.